The monoisotopic (exact) mass is 260 g/mol. The van der Waals surface area contributed by atoms with Gasteiger partial charge in [-0.1, -0.05) is 6.07 Å². The van der Waals surface area contributed by atoms with E-state index in [0.717, 1.165) is 12.1 Å². The highest BCUT2D eigenvalue weighted by Gasteiger charge is 2.13. The van der Waals surface area contributed by atoms with Crippen LogP contribution in [0.4, 0.5) is 4.39 Å². The van der Waals surface area contributed by atoms with Gasteiger partial charge in [0.05, 0.1) is 7.11 Å². The molecule has 0 fully saturated rings. The van der Waals surface area contributed by atoms with E-state index < -0.39 is 0 Å². The number of aromatic nitrogens is 1. The molecule has 0 saturated heterocycles. The van der Waals surface area contributed by atoms with Crippen LogP contribution in [0.5, 0.6) is 5.75 Å². The lowest BCUT2D eigenvalue weighted by Gasteiger charge is -2.15. The maximum absolute atomic E-state index is 13.3. The van der Waals surface area contributed by atoms with Crippen LogP contribution in [-0.2, 0) is 6.42 Å². The number of pyridine rings is 1. The van der Waals surface area contributed by atoms with Gasteiger partial charge in [0.2, 0.25) is 0 Å². The van der Waals surface area contributed by atoms with Crippen LogP contribution in [0.25, 0.3) is 0 Å². The molecule has 0 amide bonds. The first kappa shape index (κ1) is 13.5. The maximum atomic E-state index is 13.3. The lowest BCUT2D eigenvalue weighted by Crippen LogP contribution is -2.13. The molecule has 4 heteroatoms. The van der Waals surface area contributed by atoms with E-state index in [9.17, 15) is 4.39 Å². The zero-order valence-corrected chi connectivity index (χ0v) is 10.8. The SMILES string of the molecule is COc1ccc(F)cc1C(N)CCc1ccccn1. The van der Waals surface area contributed by atoms with Gasteiger partial charge >= 0.3 is 0 Å². The van der Waals surface area contributed by atoms with Crippen LogP contribution < -0.4 is 10.5 Å². The topological polar surface area (TPSA) is 48.1 Å². The highest BCUT2D eigenvalue weighted by atomic mass is 19.1. The zero-order valence-electron chi connectivity index (χ0n) is 10.8. The van der Waals surface area contributed by atoms with E-state index in [1.54, 1.807) is 19.4 Å². The molecule has 3 nitrogen and oxygen atoms in total. The predicted molar refractivity (Wildman–Crippen MR) is 72.4 cm³/mol. The summed E-state index contributed by atoms with van der Waals surface area (Å²) in [5, 5.41) is 0. The molecule has 1 heterocycles. The molecule has 2 rings (SSSR count). The number of methoxy groups -OCH3 is 1. The third-order valence-electron chi connectivity index (χ3n) is 3.03. The first-order valence-electron chi connectivity index (χ1n) is 6.19. The first-order valence-corrected chi connectivity index (χ1v) is 6.19. The molecular weight excluding hydrogens is 243 g/mol. The Kier molecular flexibility index (Phi) is 4.47. The largest absolute Gasteiger partial charge is 0.496 e. The van der Waals surface area contributed by atoms with Crippen LogP contribution >= 0.6 is 0 Å². The summed E-state index contributed by atoms with van der Waals surface area (Å²) in [5.74, 6) is 0.319. The summed E-state index contributed by atoms with van der Waals surface area (Å²) in [6.07, 6.45) is 3.20. The van der Waals surface area contributed by atoms with E-state index in [1.807, 2.05) is 18.2 Å². The van der Waals surface area contributed by atoms with Crippen LogP contribution in [0, 0.1) is 5.82 Å². The van der Waals surface area contributed by atoms with Crippen molar-refractivity contribution in [2.45, 2.75) is 18.9 Å². The molecule has 2 aromatic rings. The normalized spacial score (nSPS) is 12.2. The van der Waals surface area contributed by atoms with Gasteiger partial charge in [0.1, 0.15) is 11.6 Å². The van der Waals surface area contributed by atoms with Crippen molar-refractivity contribution in [3.63, 3.8) is 0 Å². The van der Waals surface area contributed by atoms with Crippen molar-refractivity contribution in [2.24, 2.45) is 5.73 Å². The fraction of sp³-hybridized carbons (Fsp3) is 0.267. The molecule has 0 saturated carbocycles. The van der Waals surface area contributed by atoms with Gasteiger partial charge in [-0.2, -0.15) is 0 Å². The van der Waals surface area contributed by atoms with Gasteiger partial charge in [0.15, 0.2) is 0 Å². The van der Waals surface area contributed by atoms with Crippen molar-refractivity contribution in [2.75, 3.05) is 7.11 Å². The second-order valence-electron chi connectivity index (χ2n) is 4.35. The maximum Gasteiger partial charge on any atom is 0.123 e. The third kappa shape index (κ3) is 3.51. The molecule has 2 N–H and O–H groups in total. The predicted octanol–water partition coefficient (Wildman–Crippen LogP) is 2.86. The Hall–Kier alpha value is -1.94. The minimum absolute atomic E-state index is 0.271. The Morgan fingerprint density at radius 2 is 2.16 bits per heavy atom. The van der Waals surface area contributed by atoms with Crippen LogP contribution in [0.3, 0.4) is 0 Å². The van der Waals surface area contributed by atoms with Crippen LogP contribution in [-0.4, -0.2) is 12.1 Å². The Labute approximate surface area is 112 Å². The van der Waals surface area contributed by atoms with Gasteiger partial charge < -0.3 is 10.5 Å². The molecule has 0 aliphatic carbocycles. The average Bonchev–Trinajstić information content (AvgIpc) is 2.46. The average molecular weight is 260 g/mol. The number of hydrogen-bond donors (Lipinski definition) is 1. The lowest BCUT2D eigenvalue weighted by atomic mass is 10.0. The van der Waals surface area contributed by atoms with Gasteiger partial charge in [-0.15, -0.1) is 0 Å². The second-order valence-corrected chi connectivity index (χ2v) is 4.35. The second kappa shape index (κ2) is 6.29. The Morgan fingerprint density at radius 1 is 1.32 bits per heavy atom. The fourth-order valence-electron chi connectivity index (χ4n) is 2.00. The van der Waals surface area contributed by atoms with E-state index in [4.69, 9.17) is 10.5 Å². The van der Waals surface area contributed by atoms with E-state index in [2.05, 4.69) is 4.98 Å². The molecule has 19 heavy (non-hydrogen) atoms. The molecular formula is C15H17FN2O. The van der Waals surface area contributed by atoms with Gasteiger partial charge in [0, 0.05) is 23.5 Å². The minimum atomic E-state index is -0.302. The fourth-order valence-corrected chi connectivity index (χ4v) is 2.00. The molecule has 1 atom stereocenters. The summed E-state index contributed by atoms with van der Waals surface area (Å²) in [4.78, 5) is 4.24. The molecule has 0 radical (unpaired) electrons. The Bertz CT molecular complexity index is 531. The molecule has 0 bridgehead atoms. The number of nitrogens with zero attached hydrogens (tertiary/aromatic N) is 1. The van der Waals surface area contributed by atoms with Crippen LogP contribution in [0.15, 0.2) is 42.6 Å². The molecule has 0 spiro atoms. The number of benzene rings is 1. The van der Waals surface area contributed by atoms with Crippen LogP contribution in [0.2, 0.25) is 0 Å². The zero-order chi connectivity index (χ0) is 13.7. The number of hydrogen-bond acceptors (Lipinski definition) is 3. The summed E-state index contributed by atoms with van der Waals surface area (Å²) in [6, 6.07) is 9.90. The number of halogens is 1. The molecule has 0 aliphatic rings. The van der Waals surface area contributed by atoms with Crippen molar-refractivity contribution in [3.8, 4) is 5.75 Å². The van der Waals surface area contributed by atoms with E-state index in [-0.39, 0.29) is 11.9 Å². The summed E-state index contributed by atoms with van der Waals surface area (Å²) >= 11 is 0. The van der Waals surface area contributed by atoms with Crippen molar-refractivity contribution in [1.29, 1.82) is 0 Å². The van der Waals surface area contributed by atoms with Crippen molar-refractivity contribution >= 4 is 0 Å². The molecule has 100 valence electrons. The molecule has 1 aromatic carbocycles. The van der Waals surface area contributed by atoms with E-state index >= 15 is 0 Å². The smallest absolute Gasteiger partial charge is 0.123 e. The Balaban J connectivity index is 2.07. The standard InChI is InChI=1S/C15H17FN2O/c1-19-15-8-5-11(16)10-13(15)14(17)7-6-12-4-2-3-9-18-12/h2-5,8-10,14H,6-7,17H2,1H3. The number of nitrogens with two attached hydrogens (primary N) is 1. The molecule has 1 unspecified atom stereocenters. The summed E-state index contributed by atoms with van der Waals surface area (Å²) in [5.41, 5.74) is 7.79. The van der Waals surface area contributed by atoms with Crippen molar-refractivity contribution in [3.05, 3.63) is 59.7 Å². The molecule has 1 aromatic heterocycles. The minimum Gasteiger partial charge on any atom is -0.496 e. The lowest BCUT2D eigenvalue weighted by molar-refractivity contribution is 0.402. The number of ether oxygens (including phenoxy) is 1. The number of aryl methyl sites for hydroxylation is 1. The molecule has 0 aliphatic heterocycles. The van der Waals surface area contributed by atoms with Crippen molar-refractivity contribution < 1.29 is 9.13 Å². The van der Waals surface area contributed by atoms with Crippen LogP contribution in [0.1, 0.15) is 23.7 Å². The highest BCUT2D eigenvalue weighted by Crippen LogP contribution is 2.27. The van der Waals surface area contributed by atoms with Gasteiger partial charge in [0.25, 0.3) is 0 Å². The van der Waals surface area contributed by atoms with Crippen molar-refractivity contribution in [1.82, 2.24) is 4.98 Å². The quantitative estimate of drug-likeness (QED) is 0.899. The van der Waals surface area contributed by atoms with Gasteiger partial charge in [-0.05, 0) is 43.2 Å². The highest BCUT2D eigenvalue weighted by molar-refractivity contribution is 5.36. The number of rotatable bonds is 5. The Morgan fingerprint density at radius 3 is 2.84 bits per heavy atom. The van der Waals surface area contributed by atoms with Gasteiger partial charge in [-0.3, -0.25) is 4.98 Å². The first-order chi connectivity index (χ1) is 9.20. The summed E-state index contributed by atoms with van der Waals surface area (Å²) in [7, 11) is 1.56. The van der Waals surface area contributed by atoms with E-state index in [1.165, 1.54) is 12.1 Å². The van der Waals surface area contributed by atoms with Gasteiger partial charge in [-0.25, -0.2) is 4.39 Å². The third-order valence-corrected chi connectivity index (χ3v) is 3.03. The van der Waals surface area contributed by atoms with E-state index in [0.29, 0.717) is 17.7 Å². The summed E-state index contributed by atoms with van der Waals surface area (Å²) in [6.45, 7) is 0. The summed E-state index contributed by atoms with van der Waals surface area (Å²) < 4.78 is 18.5.